The van der Waals surface area contributed by atoms with Gasteiger partial charge >= 0.3 is 0 Å². The van der Waals surface area contributed by atoms with Gasteiger partial charge in [0.05, 0.1) is 15.9 Å². The number of thiophene rings is 1. The van der Waals surface area contributed by atoms with Gasteiger partial charge in [0.15, 0.2) is 17.5 Å². The summed E-state index contributed by atoms with van der Waals surface area (Å²) < 4.78 is 2.49. The maximum Gasteiger partial charge on any atom is 0.164 e. The lowest BCUT2D eigenvalue weighted by Crippen LogP contribution is -2.15. The fraction of sp³-hybridized carbons (Fsp3) is 0.0588. The lowest BCUT2D eigenvalue weighted by atomic mass is 9.82. The summed E-state index contributed by atoms with van der Waals surface area (Å²) >= 11 is 1.82. The van der Waals surface area contributed by atoms with Gasteiger partial charge < -0.3 is 0 Å². The first-order chi connectivity index (χ1) is 27.5. The molecule has 11 rings (SSSR count). The van der Waals surface area contributed by atoms with Crippen LogP contribution in [-0.2, 0) is 5.41 Å². The monoisotopic (exact) mass is 734 g/mol. The fourth-order valence-corrected chi connectivity index (χ4v) is 9.64. The van der Waals surface area contributed by atoms with Crippen LogP contribution in [0.4, 0.5) is 0 Å². The zero-order chi connectivity index (χ0) is 37.4. The minimum atomic E-state index is -0.124. The third-order valence-electron chi connectivity index (χ3n) is 11.3. The second-order valence-electron chi connectivity index (χ2n) is 15.0. The van der Waals surface area contributed by atoms with E-state index in [1.54, 1.807) is 0 Å². The average Bonchev–Trinajstić information content (AvgIpc) is 3.75. The molecule has 0 N–H and O–H groups in total. The Hall–Kier alpha value is -6.82. The number of benzene rings is 7. The highest BCUT2D eigenvalue weighted by atomic mass is 32.1. The van der Waals surface area contributed by atoms with E-state index in [0.29, 0.717) is 17.5 Å². The molecule has 4 nitrogen and oxygen atoms in total. The summed E-state index contributed by atoms with van der Waals surface area (Å²) in [5, 5.41) is 3.60. The van der Waals surface area contributed by atoms with Crippen LogP contribution in [0, 0.1) is 0 Å². The second kappa shape index (κ2) is 12.6. The predicted octanol–water partition coefficient (Wildman–Crippen LogP) is 13.4. The van der Waals surface area contributed by atoms with Gasteiger partial charge in [0, 0.05) is 48.5 Å². The van der Waals surface area contributed by atoms with Crippen molar-refractivity contribution in [3.63, 3.8) is 0 Å². The predicted molar refractivity (Wildman–Crippen MR) is 233 cm³/mol. The summed E-state index contributed by atoms with van der Waals surface area (Å²) in [7, 11) is 0. The first kappa shape index (κ1) is 32.6. The van der Waals surface area contributed by atoms with E-state index in [9.17, 15) is 0 Å². The van der Waals surface area contributed by atoms with Gasteiger partial charge in [0.25, 0.3) is 0 Å². The molecule has 0 radical (unpaired) electrons. The molecule has 56 heavy (non-hydrogen) atoms. The number of aromatic nitrogens is 4. The van der Waals surface area contributed by atoms with Crippen LogP contribution in [0.5, 0.6) is 0 Å². The molecular formula is C51H34N4S. The zero-order valence-corrected chi connectivity index (χ0v) is 31.7. The molecule has 1 aliphatic rings. The van der Waals surface area contributed by atoms with E-state index in [1.165, 1.54) is 42.4 Å². The largest absolute Gasteiger partial charge is 0.246 e. The van der Waals surface area contributed by atoms with Crippen molar-refractivity contribution in [1.29, 1.82) is 0 Å². The minimum absolute atomic E-state index is 0.124. The van der Waals surface area contributed by atoms with E-state index in [-0.39, 0.29) is 5.41 Å². The van der Waals surface area contributed by atoms with Crippen LogP contribution in [0.3, 0.4) is 0 Å². The highest BCUT2D eigenvalue weighted by molar-refractivity contribution is 7.26. The zero-order valence-electron chi connectivity index (χ0n) is 30.9. The van der Waals surface area contributed by atoms with Crippen LogP contribution >= 0.6 is 11.3 Å². The Morgan fingerprint density at radius 1 is 0.393 bits per heavy atom. The van der Waals surface area contributed by atoms with E-state index < -0.39 is 0 Å². The SMILES string of the molecule is CC1(C)c2ccccc2-c2ccc(-c3nc(-c4ccccc4)nc(-c4ccc(-c5cccc(-c6nc7c8ccccc8sc7c7ccccc67)c5)cc4)n3)cc21. The van der Waals surface area contributed by atoms with Crippen molar-refractivity contribution in [3.05, 3.63) is 181 Å². The fourth-order valence-electron chi connectivity index (χ4n) is 8.46. The number of nitrogens with zero attached hydrogens (tertiary/aromatic N) is 4. The topological polar surface area (TPSA) is 51.6 Å². The molecule has 3 aromatic heterocycles. The number of fused-ring (bicyclic) bond motifs is 8. The van der Waals surface area contributed by atoms with E-state index in [0.717, 1.165) is 50.0 Å². The van der Waals surface area contributed by atoms with Crippen molar-refractivity contribution in [2.75, 3.05) is 0 Å². The number of hydrogen-bond acceptors (Lipinski definition) is 5. The molecular weight excluding hydrogens is 701 g/mol. The van der Waals surface area contributed by atoms with Gasteiger partial charge in [-0.1, -0.05) is 166 Å². The molecule has 0 atom stereocenters. The van der Waals surface area contributed by atoms with Crippen LogP contribution in [-0.4, -0.2) is 19.9 Å². The molecule has 0 fully saturated rings. The Labute approximate surface area is 328 Å². The average molecular weight is 735 g/mol. The maximum atomic E-state index is 5.34. The van der Waals surface area contributed by atoms with E-state index in [2.05, 4.69) is 166 Å². The van der Waals surface area contributed by atoms with Gasteiger partial charge in [-0.25, -0.2) is 19.9 Å². The lowest BCUT2D eigenvalue weighted by molar-refractivity contribution is 0.660. The van der Waals surface area contributed by atoms with Crippen molar-refractivity contribution in [2.24, 2.45) is 0 Å². The summed E-state index contributed by atoms with van der Waals surface area (Å²) in [5.41, 5.74) is 13.3. The van der Waals surface area contributed by atoms with E-state index in [4.69, 9.17) is 19.9 Å². The minimum Gasteiger partial charge on any atom is -0.246 e. The van der Waals surface area contributed by atoms with Crippen LogP contribution in [0.15, 0.2) is 170 Å². The molecule has 0 saturated carbocycles. The first-order valence-corrected chi connectivity index (χ1v) is 19.8. The molecule has 5 heteroatoms. The Bertz CT molecular complexity index is 3160. The van der Waals surface area contributed by atoms with Crippen LogP contribution in [0.1, 0.15) is 25.0 Å². The Morgan fingerprint density at radius 3 is 1.77 bits per heavy atom. The molecule has 0 aliphatic heterocycles. The number of rotatable bonds is 5. The summed E-state index contributed by atoms with van der Waals surface area (Å²) in [6, 6.07) is 60.0. The molecule has 0 bridgehead atoms. The quantitative estimate of drug-likeness (QED) is 0.177. The number of hydrogen-bond donors (Lipinski definition) is 0. The van der Waals surface area contributed by atoms with E-state index >= 15 is 0 Å². The van der Waals surface area contributed by atoms with Crippen molar-refractivity contribution in [2.45, 2.75) is 19.3 Å². The summed E-state index contributed by atoms with van der Waals surface area (Å²) in [5.74, 6) is 1.96. The van der Waals surface area contributed by atoms with Gasteiger partial charge in [-0.05, 0) is 51.6 Å². The highest BCUT2D eigenvalue weighted by Gasteiger charge is 2.35. The Morgan fingerprint density at radius 2 is 0.964 bits per heavy atom. The molecule has 0 spiro atoms. The molecule has 0 amide bonds. The van der Waals surface area contributed by atoms with Gasteiger partial charge in [-0.15, -0.1) is 11.3 Å². The maximum absolute atomic E-state index is 5.34. The molecule has 7 aromatic carbocycles. The van der Waals surface area contributed by atoms with Crippen molar-refractivity contribution >= 4 is 42.4 Å². The van der Waals surface area contributed by atoms with Crippen LogP contribution in [0.2, 0.25) is 0 Å². The van der Waals surface area contributed by atoms with Gasteiger partial charge in [-0.3, -0.25) is 0 Å². The molecule has 0 saturated heterocycles. The van der Waals surface area contributed by atoms with Gasteiger partial charge in [-0.2, -0.15) is 0 Å². The summed E-state index contributed by atoms with van der Waals surface area (Å²) in [4.78, 5) is 20.5. The number of pyridine rings is 1. The standard InChI is InChI=1S/C51H34N4S/c1-51(2)42-21-10-8-17-37(42)38-28-27-36(30-43(38)51)50-54-48(32-13-4-3-5-14-32)53-49(55-50)33-25-23-31(24-26-33)34-15-12-16-35(29-34)45-39-18-6-7-19-40(39)47-46(52-45)41-20-9-11-22-44(41)56-47/h3-30H,1-2H3. The van der Waals surface area contributed by atoms with Crippen molar-refractivity contribution < 1.29 is 0 Å². The molecule has 1 aliphatic carbocycles. The van der Waals surface area contributed by atoms with E-state index in [1.807, 2.05) is 29.5 Å². The lowest BCUT2D eigenvalue weighted by Gasteiger charge is -2.21. The van der Waals surface area contributed by atoms with Crippen LogP contribution < -0.4 is 0 Å². The summed E-state index contributed by atoms with van der Waals surface area (Å²) in [6.45, 7) is 4.60. The molecule has 3 heterocycles. The van der Waals surface area contributed by atoms with Crippen molar-refractivity contribution in [3.8, 4) is 67.7 Å². The van der Waals surface area contributed by atoms with Crippen molar-refractivity contribution in [1.82, 2.24) is 19.9 Å². The normalized spacial score (nSPS) is 13.0. The van der Waals surface area contributed by atoms with Gasteiger partial charge in [0.2, 0.25) is 0 Å². The molecule has 0 unspecified atom stereocenters. The highest BCUT2D eigenvalue weighted by Crippen LogP contribution is 2.49. The first-order valence-electron chi connectivity index (χ1n) is 19.0. The Kier molecular flexibility index (Phi) is 7.35. The smallest absolute Gasteiger partial charge is 0.164 e. The Balaban J connectivity index is 0.985. The molecule has 10 aromatic rings. The third-order valence-corrected chi connectivity index (χ3v) is 12.5. The second-order valence-corrected chi connectivity index (χ2v) is 16.1. The van der Waals surface area contributed by atoms with Gasteiger partial charge in [0.1, 0.15) is 0 Å². The van der Waals surface area contributed by atoms with Crippen LogP contribution in [0.25, 0.3) is 98.7 Å². The molecule has 264 valence electrons. The summed E-state index contributed by atoms with van der Waals surface area (Å²) in [6.07, 6.45) is 0. The third kappa shape index (κ3) is 5.19.